The van der Waals surface area contributed by atoms with Crippen LogP contribution in [0, 0.1) is 11.2 Å². The van der Waals surface area contributed by atoms with E-state index in [1.165, 1.54) is 12.1 Å². The molecule has 1 atom stereocenters. The second kappa shape index (κ2) is 5.34. The summed E-state index contributed by atoms with van der Waals surface area (Å²) in [5.74, 6) is -0.232. The third-order valence-corrected chi connectivity index (χ3v) is 5.49. The minimum absolute atomic E-state index is 0.0468. The van der Waals surface area contributed by atoms with E-state index in [0.717, 1.165) is 37.7 Å². The molecule has 0 aliphatic heterocycles. The SMILES string of the molecule is CC1(C)C[C@@]1(C(=O)NC1CCC(O)CC1)c1ccc(F)cc1. The molecule has 2 N–H and O–H groups in total. The van der Waals surface area contributed by atoms with E-state index in [4.69, 9.17) is 0 Å². The molecule has 0 radical (unpaired) electrons. The van der Waals surface area contributed by atoms with Gasteiger partial charge in [0.05, 0.1) is 11.5 Å². The predicted octanol–water partition coefficient (Wildman–Crippen LogP) is 2.91. The fourth-order valence-electron chi connectivity index (χ4n) is 3.89. The van der Waals surface area contributed by atoms with Gasteiger partial charge in [0.2, 0.25) is 5.91 Å². The van der Waals surface area contributed by atoms with Crippen LogP contribution in [0.2, 0.25) is 0 Å². The highest BCUT2D eigenvalue weighted by Crippen LogP contribution is 2.64. The van der Waals surface area contributed by atoms with E-state index in [2.05, 4.69) is 19.2 Å². The molecular formula is C18H24FNO2. The van der Waals surface area contributed by atoms with Gasteiger partial charge in [-0.15, -0.1) is 0 Å². The summed E-state index contributed by atoms with van der Waals surface area (Å²) >= 11 is 0. The van der Waals surface area contributed by atoms with Crippen molar-refractivity contribution in [3.05, 3.63) is 35.6 Å². The van der Waals surface area contributed by atoms with E-state index < -0.39 is 5.41 Å². The average Bonchev–Trinajstić information content (AvgIpc) is 3.06. The number of nitrogens with one attached hydrogen (secondary N) is 1. The number of benzene rings is 1. The minimum Gasteiger partial charge on any atom is -0.393 e. The van der Waals surface area contributed by atoms with E-state index in [1.54, 1.807) is 12.1 Å². The molecule has 2 saturated carbocycles. The minimum atomic E-state index is -0.545. The van der Waals surface area contributed by atoms with Gasteiger partial charge in [-0.1, -0.05) is 26.0 Å². The molecule has 0 heterocycles. The molecule has 2 aliphatic rings. The van der Waals surface area contributed by atoms with Gasteiger partial charge in [0.15, 0.2) is 0 Å². The van der Waals surface area contributed by atoms with Crippen molar-refractivity contribution < 1.29 is 14.3 Å². The van der Waals surface area contributed by atoms with Crippen LogP contribution in [-0.4, -0.2) is 23.2 Å². The van der Waals surface area contributed by atoms with Gasteiger partial charge < -0.3 is 10.4 Å². The molecule has 3 rings (SSSR count). The van der Waals surface area contributed by atoms with Crippen molar-refractivity contribution in [2.75, 3.05) is 0 Å². The zero-order chi connectivity index (χ0) is 16.0. The van der Waals surface area contributed by atoms with Gasteiger partial charge in [-0.25, -0.2) is 4.39 Å². The predicted molar refractivity (Wildman–Crippen MR) is 82.9 cm³/mol. The first-order chi connectivity index (χ1) is 10.3. The Hall–Kier alpha value is -1.42. The highest BCUT2D eigenvalue weighted by molar-refractivity contribution is 5.93. The molecule has 1 amide bonds. The van der Waals surface area contributed by atoms with Gasteiger partial charge in [0.1, 0.15) is 5.82 Å². The van der Waals surface area contributed by atoms with Crippen LogP contribution in [0.4, 0.5) is 4.39 Å². The van der Waals surface area contributed by atoms with Crippen molar-refractivity contribution in [2.24, 2.45) is 5.41 Å². The topological polar surface area (TPSA) is 49.3 Å². The molecular weight excluding hydrogens is 281 g/mol. The lowest BCUT2D eigenvalue weighted by molar-refractivity contribution is -0.125. The third-order valence-electron chi connectivity index (χ3n) is 5.49. The highest BCUT2D eigenvalue weighted by Gasteiger charge is 2.67. The number of hydrogen-bond donors (Lipinski definition) is 2. The van der Waals surface area contributed by atoms with Gasteiger partial charge in [-0.2, -0.15) is 0 Å². The van der Waals surface area contributed by atoms with E-state index in [9.17, 15) is 14.3 Å². The Bertz CT molecular complexity index is 561. The van der Waals surface area contributed by atoms with Crippen LogP contribution in [0.5, 0.6) is 0 Å². The zero-order valence-corrected chi connectivity index (χ0v) is 13.2. The highest BCUT2D eigenvalue weighted by atomic mass is 19.1. The number of halogens is 1. The third kappa shape index (κ3) is 2.54. The number of aliphatic hydroxyl groups is 1. The van der Waals surface area contributed by atoms with Crippen LogP contribution in [0.1, 0.15) is 51.5 Å². The van der Waals surface area contributed by atoms with Gasteiger partial charge in [-0.05, 0) is 55.2 Å². The van der Waals surface area contributed by atoms with Crippen molar-refractivity contribution in [2.45, 2.75) is 63.5 Å². The molecule has 2 aliphatic carbocycles. The molecule has 2 fully saturated rings. The molecule has 1 aromatic carbocycles. The van der Waals surface area contributed by atoms with E-state index in [1.807, 2.05) is 0 Å². The molecule has 0 aromatic heterocycles. The Morgan fingerprint density at radius 2 is 1.73 bits per heavy atom. The number of carbonyl (C=O) groups is 1. The Morgan fingerprint density at radius 3 is 2.23 bits per heavy atom. The van der Waals surface area contributed by atoms with Crippen molar-refractivity contribution in [1.82, 2.24) is 5.32 Å². The Labute approximate surface area is 130 Å². The fourth-order valence-corrected chi connectivity index (χ4v) is 3.89. The van der Waals surface area contributed by atoms with Gasteiger partial charge in [0, 0.05) is 6.04 Å². The van der Waals surface area contributed by atoms with Crippen LogP contribution >= 0.6 is 0 Å². The molecule has 0 unspecified atom stereocenters. The van der Waals surface area contributed by atoms with E-state index >= 15 is 0 Å². The summed E-state index contributed by atoms with van der Waals surface area (Å²) in [7, 11) is 0. The van der Waals surface area contributed by atoms with Gasteiger partial charge >= 0.3 is 0 Å². The number of carbonyl (C=O) groups excluding carboxylic acids is 1. The van der Waals surface area contributed by atoms with Crippen LogP contribution in [0.15, 0.2) is 24.3 Å². The average molecular weight is 305 g/mol. The maximum Gasteiger partial charge on any atom is 0.231 e. The fraction of sp³-hybridized carbons (Fsp3) is 0.611. The Morgan fingerprint density at radius 1 is 1.18 bits per heavy atom. The molecule has 22 heavy (non-hydrogen) atoms. The largest absolute Gasteiger partial charge is 0.393 e. The van der Waals surface area contributed by atoms with Gasteiger partial charge in [-0.3, -0.25) is 4.79 Å². The van der Waals surface area contributed by atoms with Crippen LogP contribution in [0.3, 0.4) is 0 Å². The molecule has 120 valence electrons. The molecule has 3 nitrogen and oxygen atoms in total. The lowest BCUT2D eigenvalue weighted by atomic mass is 9.85. The smallest absolute Gasteiger partial charge is 0.231 e. The lowest BCUT2D eigenvalue weighted by Crippen LogP contribution is -2.45. The first-order valence-electron chi connectivity index (χ1n) is 8.10. The maximum atomic E-state index is 13.2. The van der Waals surface area contributed by atoms with Crippen LogP contribution in [-0.2, 0) is 10.2 Å². The maximum absolute atomic E-state index is 13.2. The van der Waals surface area contributed by atoms with Crippen LogP contribution in [0.25, 0.3) is 0 Å². The quantitative estimate of drug-likeness (QED) is 0.902. The zero-order valence-electron chi connectivity index (χ0n) is 13.2. The lowest BCUT2D eigenvalue weighted by Gasteiger charge is -2.29. The number of hydrogen-bond acceptors (Lipinski definition) is 2. The van der Waals surface area contributed by atoms with E-state index in [-0.39, 0.29) is 29.3 Å². The van der Waals surface area contributed by atoms with Crippen molar-refractivity contribution in [3.63, 3.8) is 0 Å². The number of amides is 1. The number of aliphatic hydroxyl groups excluding tert-OH is 1. The monoisotopic (exact) mass is 305 g/mol. The standard InChI is InChI=1S/C18H24FNO2/c1-17(2)11-18(17,12-3-5-13(19)6-4-12)16(22)20-14-7-9-15(21)10-8-14/h3-6,14-15,21H,7-11H2,1-2H3,(H,20,22)/t14?,15?,18-/m0/s1. The molecule has 4 heteroatoms. The normalized spacial score (nSPS) is 33.3. The first kappa shape index (κ1) is 15.5. The summed E-state index contributed by atoms with van der Waals surface area (Å²) in [5, 5.41) is 12.7. The van der Waals surface area contributed by atoms with E-state index in [0.29, 0.717) is 0 Å². The van der Waals surface area contributed by atoms with Crippen LogP contribution < -0.4 is 5.32 Å². The molecule has 1 aromatic rings. The molecule has 0 saturated heterocycles. The van der Waals surface area contributed by atoms with Crippen molar-refractivity contribution in [3.8, 4) is 0 Å². The van der Waals surface area contributed by atoms with Gasteiger partial charge in [0.25, 0.3) is 0 Å². The molecule has 0 spiro atoms. The summed E-state index contributed by atoms with van der Waals surface area (Å²) in [6.45, 7) is 4.17. The molecule has 0 bridgehead atoms. The number of rotatable bonds is 3. The second-order valence-corrected chi connectivity index (χ2v) is 7.45. The summed E-state index contributed by atoms with van der Waals surface area (Å²) in [5.41, 5.74) is 0.243. The van der Waals surface area contributed by atoms with Crippen molar-refractivity contribution >= 4 is 5.91 Å². The van der Waals surface area contributed by atoms with Crippen molar-refractivity contribution in [1.29, 1.82) is 0 Å². The Balaban J connectivity index is 1.77. The summed E-state index contributed by atoms with van der Waals surface area (Å²) in [6.07, 6.45) is 3.71. The first-order valence-corrected chi connectivity index (χ1v) is 8.10. The summed E-state index contributed by atoms with van der Waals surface area (Å²) in [6, 6.07) is 6.46. The Kier molecular flexibility index (Phi) is 3.76. The summed E-state index contributed by atoms with van der Waals surface area (Å²) < 4.78 is 13.2. The second-order valence-electron chi connectivity index (χ2n) is 7.45. The summed E-state index contributed by atoms with van der Waals surface area (Å²) in [4.78, 5) is 12.9.